The standard InChI is InChI=1S/C21H23N3O5/c1-2-28-21(27)17-7-3-4-8-18(17)24-20(26)15-10-14(11-22-12-15)19(25)23-13-16-6-5-9-29-16/h3-4,7-8,10-12,16H,2,5-6,9,13H2,1H3,(H,23,25)(H,24,26). The summed E-state index contributed by atoms with van der Waals surface area (Å²) in [6.07, 6.45) is 4.69. The molecule has 2 aromatic rings. The summed E-state index contributed by atoms with van der Waals surface area (Å²) in [5, 5.41) is 5.48. The zero-order valence-electron chi connectivity index (χ0n) is 16.1. The Hall–Kier alpha value is -3.26. The van der Waals surface area contributed by atoms with Crippen LogP contribution in [0.4, 0.5) is 5.69 Å². The zero-order valence-corrected chi connectivity index (χ0v) is 16.1. The number of para-hydroxylation sites is 1. The van der Waals surface area contributed by atoms with Crippen LogP contribution in [0.15, 0.2) is 42.7 Å². The maximum absolute atomic E-state index is 12.6. The van der Waals surface area contributed by atoms with E-state index in [0.717, 1.165) is 12.8 Å². The quantitative estimate of drug-likeness (QED) is 0.695. The van der Waals surface area contributed by atoms with Crippen LogP contribution in [0.25, 0.3) is 0 Å². The van der Waals surface area contributed by atoms with E-state index in [1.807, 2.05) is 0 Å². The molecule has 0 radical (unpaired) electrons. The van der Waals surface area contributed by atoms with Crippen molar-refractivity contribution >= 4 is 23.5 Å². The van der Waals surface area contributed by atoms with E-state index in [-0.39, 0.29) is 35.3 Å². The first-order valence-corrected chi connectivity index (χ1v) is 9.51. The van der Waals surface area contributed by atoms with Crippen LogP contribution in [0.5, 0.6) is 0 Å². The van der Waals surface area contributed by atoms with Crippen molar-refractivity contribution in [2.45, 2.75) is 25.9 Å². The molecule has 0 saturated carbocycles. The normalized spacial score (nSPS) is 15.6. The summed E-state index contributed by atoms with van der Waals surface area (Å²) >= 11 is 0. The van der Waals surface area contributed by atoms with Gasteiger partial charge in [0.1, 0.15) is 0 Å². The third-order valence-electron chi connectivity index (χ3n) is 4.45. The van der Waals surface area contributed by atoms with Gasteiger partial charge in [-0.3, -0.25) is 14.6 Å². The Kier molecular flexibility index (Phi) is 6.91. The maximum atomic E-state index is 12.6. The Balaban J connectivity index is 1.68. The number of anilines is 1. The van der Waals surface area contributed by atoms with Crippen molar-refractivity contribution in [2.75, 3.05) is 25.1 Å². The fraction of sp³-hybridized carbons (Fsp3) is 0.333. The number of rotatable bonds is 7. The van der Waals surface area contributed by atoms with Gasteiger partial charge in [-0.15, -0.1) is 0 Å². The summed E-state index contributed by atoms with van der Waals surface area (Å²) in [5.74, 6) is -1.33. The van der Waals surface area contributed by atoms with Gasteiger partial charge in [-0.1, -0.05) is 12.1 Å². The monoisotopic (exact) mass is 397 g/mol. The van der Waals surface area contributed by atoms with Gasteiger partial charge >= 0.3 is 5.97 Å². The fourth-order valence-electron chi connectivity index (χ4n) is 2.98. The lowest BCUT2D eigenvalue weighted by Gasteiger charge is -2.12. The van der Waals surface area contributed by atoms with Gasteiger partial charge in [0.05, 0.1) is 35.1 Å². The Morgan fingerprint density at radius 2 is 1.93 bits per heavy atom. The van der Waals surface area contributed by atoms with E-state index in [2.05, 4.69) is 15.6 Å². The van der Waals surface area contributed by atoms with Crippen LogP contribution >= 0.6 is 0 Å². The zero-order chi connectivity index (χ0) is 20.6. The summed E-state index contributed by atoms with van der Waals surface area (Å²) in [6.45, 7) is 3.07. The molecule has 1 aliphatic heterocycles. The molecular formula is C21H23N3O5. The minimum atomic E-state index is -0.524. The third kappa shape index (κ3) is 5.39. The van der Waals surface area contributed by atoms with Crippen LogP contribution in [-0.4, -0.2) is 48.6 Å². The van der Waals surface area contributed by atoms with Crippen molar-refractivity contribution < 1.29 is 23.9 Å². The van der Waals surface area contributed by atoms with E-state index >= 15 is 0 Å². The number of pyridine rings is 1. The number of amides is 2. The first-order valence-electron chi connectivity index (χ1n) is 9.51. The number of hydrogen-bond donors (Lipinski definition) is 2. The predicted octanol–water partition coefficient (Wildman–Crippen LogP) is 2.42. The van der Waals surface area contributed by atoms with E-state index in [4.69, 9.17) is 9.47 Å². The van der Waals surface area contributed by atoms with E-state index in [1.165, 1.54) is 18.5 Å². The fourth-order valence-corrected chi connectivity index (χ4v) is 2.98. The molecule has 1 unspecified atom stereocenters. The van der Waals surface area contributed by atoms with Crippen molar-refractivity contribution in [1.82, 2.24) is 10.3 Å². The number of hydrogen-bond acceptors (Lipinski definition) is 6. The molecule has 8 heteroatoms. The average Bonchev–Trinajstić information content (AvgIpc) is 3.26. The topological polar surface area (TPSA) is 107 Å². The molecule has 0 spiro atoms. The highest BCUT2D eigenvalue weighted by Gasteiger charge is 2.18. The van der Waals surface area contributed by atoms with E-state index in [9.17, 15) is 14.4 Å². The van der Waals surface area contributed by atoms with Crippen LogP contribution in [0, 0.1) is 0 Å². The summed E-state index contributed by atoms with van der Waals surface area (Å²) in [4.78, 5) is 41.0. The number of benzene rings is 1. The molecular weight excluding hydrogens is 374 g/mol. The molecule has 1 atom stereocenters. The van der Waals surface area contributed by atoms with Gasteiger partial charge in [-0.2, -0.15) is 0 Å². The van der Waals surface area contributed by atoms with Gasteiger partial charge in [-0.25, -0.2) is 4.79 Å². The molecule has 1 saturated heterocycles. The number of nitrogens with zero attached hydrogens (tertiary/aromatic N) is 1. The molecule has 1 aromatic heterocycles. The van der Waals surface area contributed by atoms with Crippen LogP contribution in [0.2, 0.25) is 0 Å². The number of aromatic nitrogens is 1. The SMILES string of the molecule is CCOC(=O)c1ccccc1NC(=O)c1cncc(C(=O)NCC2CCCO2)c1. The molecule has 0 bridgehead atoms. The Morgan fingerprint density at radius 1 is 1.17 bits per heavy atom. The van der Waals surface area contributed by atoms with Gasteiger partial charge in [0.2, 0.25) is 0 Å². The van der Waals surface area contributed by atoms with Crippen LogP contribution in [-0.2, 0) is 9.47 Å². The Labute approximate surface area is 168 Å². The molecule has 152 valence electrons. The Morgan fingerprint density at radius 3 is 2.66 bits per heavy atom. The predicted molar refractivity (Wildman–Crippen MR) is 106 cm³/mol. The lowest BCUT2D eigenvalue weighted by atomic mass is 10.1. The first-order chi connectivity index (χ1) is 14.1. The van der Waals surface area contributed by atoms with Gasteiger partial charge < -0.3 is 20.1 Å². The lowest BCUT2D eigenvalue weighted by molar-refractivity contribution is 0.0527. The molecule has 29 heavy (non-hydrogen) atoms. The van der Waals surface area contributed by atoms with Crippen LogP contribution in [0.1, 0.15) is 50.8 Å². The molecule has 2 amide bonds. The second kappa shape index (κ2) is 9.79. The van der Waals surface area contributed by atoms with Crippen molar-refractivity contribution in [3.8, 4) is 0 Å². The molecule has 1 aromatic carbocycles. The van der Waals surface area contributed by atoms with Gasteiger partial charge in [0.25, 0.3) is 11.8 Å². The lowest BCUT2D eigenvalue weighted by Crippen LogP contribution is -2.32. The number of esters is 1. The van der Waals surface area contributed by atoms with E-state index in [0.29, 0.717) is 18.8 Å². The molecule has 1 fully saturated rings. The van der Waals surface area contributed by atoms with Crippen molar-refractivity contribution in [3.63, 3.8) is 0 Å². The maximum Gasteiger partial charge on any atom is 0.340 e. The second-order valence-corrected chi connectivity index (χ2v) is 6.53. The minimum absolute atomic E-state index is 0.0257. The first kappa shape index (κ1) is 20.5. The van der Waals surface area contributed by atoms with Gasteiger partial charge in [-0.05, 0) is 38.0 Å². The average molecular weight is 397 g/mol. The van der Waals surface area contributed by atoms with Crippen molar-refractivity contribution in [3.05, 3.63) is 59.4 Å². The van der Waals surface area contributed by atoms with Crippen LogP contribution < -0.4 is 10.6 Å². The largest absolute Gasteiger partial charge is 0.462 e. The molecule has 3 rings (SSSR count). The summed E-state index contributed by atoms with van der Waals surface area (Å²) in [7, 11) is 0. The molecule has 2 heterocycles. The van der Waals surface area contributed by atoms with Crippen molar-refractivity contribution in [1.29, 1.82) is 0 Å². The van der Waals surface area contributed by atoms with E-state index in [1.54, 1.807) is 31.2 Å². The summed E-state index contributed by atoms with van der Waals surface area (Å²) in [5.41, 5.74) is 1.05. The Bertz CT molecular complexity index is 893. The van der Waals surface area contributed by atoms with E-state index < -0.39 is 11.9 Å². The summed E-state index contributed by atoms with van der Waals surface area (Å²) < 4.78 is 10.5. The number of carbonyl (C=O) groups is 3. The molecule has 1 aliphatic rings. The number of carbonyl (C=O) groups excluding carboxylic acids is 3. The smallest absolute Gasteiger partial charge is 0.340 e. The van der Waals surface area contributed by atoms with Crippen molar-refractivity contribution in [2.24, 2.45) is 0 Å². The minimum Gasteiger partial charge on any atom is -0.462 e. The highest BCUT2D eigenvalue weighted by Crippen LogP contribution is 2.18. The highest BCUT2D eigenvalue weighted by molar-refractivity contribution is 6.08. The molecule has 2 N–H and O–H groups in total. The number of nitrogens with one attached hydrogen (secondary N) is 2. The molecule has 0 aliphatic carbocycles. The van der Waals surface area contributed by atoms with Gasteiger partial charge in [0, 0.05) is 25.5 Å². The second-order valence-electron chi connectivity index (χ2n) is 6.53. The third-order valence-corrected chi connectivity index (χ3v) is 4.45. The summed E-state index contributed by atoms with van der Waals surface area (Å²) in [6, 6.07) is 8.02. The number of ether oxygens (including phenoxy) is 2. The highest BCUT2D eigenvalue weighted by atomic mass is 16.5. The molecule has 8 nitrogen and oxygen atoms in total. The van der Waals surface area contributed by atoms with Crippen LogP contribution in [0.3, 0.4) is 0 Å². The van der Waals surface area contributed by atoms with Gasteiger partial charge in [0.15, 0.2) is 0 Å².